The van der Waals surface area contributed by atoms with Crippen molar-refractivity contribution in [1.82, 2.24) is 24.3 Å². The number of amides is 1. The van der Waals surface area contributed by atoms with Crippen LogP contribution in [0.25, 0.3) is 0 Å². The zero-order valence-corrected chi connectivity index (χ0v) is 15.9. The SMILES string of the molecule is CCN(Cc1noc(C)n1)[C@@H]1CCCN(C(=O)c2csnc2C)CC1. The molecule has 0 bridgehead atoms. The fraction of sp³-hybridized carbons (Fsp3) is 0.647. The summed E-state index contributed by atoms with van der Waals surface area (Å²) in [7, 11) is 0. The molecule has 0 spiro atoms. The summed E-state index contributed by atoms with van der Waals surface area (Å²) in [5.41, 5.74) is 1.58. The summed E-state index contributed by atoms with van der Waals surface area (Å²) in [4.78, 5) is 21.4. The van der Waals surface area contributed by atoms with Crippen LogP contribution in [0.4, 0.5) is 0 Å². The number of hydrogen-bond acceptors (Lipinski definition) is 7. The second kappa shape index (κ2) is 8.05. The van der Waals surface area contributed by atoms with Crippen molar-refractivity contribution in [2.75, 3.05) is 19.6 Å². The van der Waals surface area contributed by atoms with Gasteiger partial charge in [-0.3, -0.25) is 9.69 Å². The van der Waals surface area contributed by atoms with E-state index in [0.29, 0.717) is 18.5 Å². The van der Waals surface area contributed by atoms with Gasteiger partial charge < -0.3 is 9.42 Å². The molecule has 3 rings (SSSR count). The highest BCUT2D eigenvalue weighted by molar-refractivity contribution is 7.03. The van der Waals surface area contributed by atoms with E-state index < -0.39 is 0 Å². The lowest BCUT2D eigenvalue weighted by Crippen LogP contribution is -2.37. The van der Waals surface area contributed by atoms with Crippen molar-refractivity contribution < 1.29 is 9.32 Å². The molecule has 0 aliphatic carbocycles. The van der Waals surface area contributed by atoms with Gasteiger partial charge in [0.05, 0.1) is 17.8 Å². The second-order valence-electron chi connectivity index (χ2n) is 6.48. The van der Waals surface area contributed by atoms with E-state index in [1.807, 2.05) is 24.1 Å². The maximum atomic E-state index is 12.7. The van der Waals surface area contributed by atoms with Gasteiger partial charge in [-0.1, -0.05) is 12.1 Å². The molecule has 3 heterocycles. The van der Waals surface area contributed by atoms with Gasteiger partial charge >= 0.3 is 0 Å². The number of hydrogen-bond donors (Lipinski definition) is 0. The van der Waals surface area contributed by atoms with Crippen molar-refractivity contribution in [3.05, 3.63) is 28.4 Å². The fourth-order valence-corrected chi connectivity index (χ4v) is 4.09. The minimum Gasteiger partial charge on any atom is -0.340 e. The van der Waals surface area contributed by atoms with E-state index >= 15 is 0 Å². The van der Waals surface area contributed by atoms with E-state index in [9.17, 15) is 4.79 Å². The Morgan fingerprint density at radius 2 is 2.24 bits per heavy atom. The highest BCUT2D eigenvalue weighted by Crippen LogP contribution is 2.21. The third-order valence-corrected chi connectivity index (χ3v) is 5.52. The Labute approximate surface area is 152 Å². The Morgan fingerprint density at radius 1 is 1.40 bits per heavy atom. The Morgan fingerprint density at radius 3 is 2.88 bits per heavy atom. The summed E-state index contributed by atoms with van der Waals surface area (Å²) in [6.07, 6.45) is 3.05. The predicted molar refractivity (Wildman–Crippen MR) is 95.5 cm³/mol. The van der Waals surface area contributed by atoms with Gasteiger partial charge in [0.2, 0.25) is 5.89 Å². The second-order valence-corrected chi connectivity index (χ2v) is 7.11. The van der Waals surface area contributed by atoms with Gasteiger partial charge in [-0.2, -0.15) is 9.36 Å². The smallest absolute Gasteiger partial charge is 0.256 e. The molecule has 1 amide bonds. The zero-order chi connectivity index (χ0) is 17.8. The first-order valence-corrected chi connectivity index (χ1v) is 9.65. The average molecular weight is 363 g/mol. The van der Waals surface area contributed by atoms with Crippen molar-refractivity contribution >= 4 is 17.4 Å². The molecule has 0 N–H and O–H groups in total. The van der Waals surface area contributed by atoms with Crippen LogP contribution in [0.5, 0.6) is 0 Å². The first-order valence-electron chi connectivity index (χ1n) is 8.82. The van der Waals surface area contributed by atoms with E-state index in [1.54, 1.807) is 0 Å². The summed E-state index contributed by atoms with van der Waals surface area (Å²) in [5.74, 6) is 1.45. The molecule has 0 radical (unpaired) electrons. The maximum Gasteiger partial charge on any atom is 0.256 e. The van der Waals surface area contributed by atoms with Crippen molar-refractivity contribution in [2.24, 2.45) is 0 Å². The highest BCUT2D eigenvalue weighted by atomic mass is 32.1. The Balaban J connectivity index is 1.62. The first-order chi connectivity index (χ1) is 12.1. The van der Waals surface area contributed by atoms with Gasteiger partial charge in [0.25, 0.3) is 5.91 Å². The van der Waals surface area contributed by atoms with E-state index in [2.05, 4.69) is 26.3 Å². The van der Waals surface area contributed by atoms with E-state index in [0.717, 1.165) is 56.0 Å². The predicted octanol–water partition coefficient (Wildman–Crippen LogP) is 2.66. The molecule has 0 saturated carbocycles. The molecule has 0 unspecified atom stereocenters. The highest BCUT2D eigenvalue weighted by Gasteiger charge is 2.26. The van der Waals surface area contributed by atoms with E-state index in [-0.39, 0.29) is 5.91 Å². The fourth-order valence-electron chi connectivity index (χ4n) is 3.40. The van der Waals surface area contributed by atoms with E-state index in [4.69, 9.17) is 4.52 Å². The molecule has 1 fully saturated rings. The monoisotopic (exact) mass is 363 g/mol. The Hall–Kier alpha value is -1.80. The van der Waals surface area contributed by atoms with Crippen LogP contribution >= 0.6 is 11.5 Å². The lowest BCUT2D eigenvalue weighted by atomic mass is 10.1. The van der Waals surface area contributed by atoms with Crippen LogP contribution in [0.3, 0.4) is 0 Å². The lowest BCUT2D eigenvalue weighted by Gasteiger charge is -2.28. The van der Waals surface area contributed by atoms with Crippen LogP contribution in [0.15, 0.2) is 9.90 Å². The van der Waals surface area contributed by atoms with Crippen molar-refractivity contribution in [1.29, 1.82) is 0 Å². The maximum absolute atomic E-state index is 12.7. The number of aromatic nitrogens is 3. The van der Waals surface area contributed by atoms with Crippen LogP contribution < -0.4 is 0 Å². The molecule has 8 heteroatoms. The number of rotatable bonds is 5. The summed E-state index contributed by atoms with van der Waals surface area (Å²) in [5, 5.41) is 5.87. The zero-order valence-electron chi connectivity index (χ0n) is 15.1. The van der Waals surface area contributed by atoms with Crippen molar-refractivity contribution in [3.8, 4) is 0 Å². The third kappa shape index (κ3) is 4.24. The molecule has 2 aromatic rings. The summed E-state index contributed by atoms with van der Waals surface area (Å²) < 4.78 is 9.30. The molecule has 25 heavy (non-hydrogen) atoms. The largest absolute Gasteiger partial charge is 0.340 e. The van der Waals surface area contributed by atoms with Gasteiger partial charge in [0.1, 0.15) is 0 Å². The molecule has 1 aliphatic heterocycles. The average Bonchev–Trinajstić information content (AvgIpc) is 3.12. The van der Waals surface area contributed by atoms with Crippen molar-refractivity contribution in [2.45, 2.75) is 52.6 Å². The molecular formula is C17H25N5O2S. The Bertz CT molecular complexity index is 713. The van der Waals surface area contributed by atoms with Crippen LogP contribution in [0.2, 0.25) is 0 Å². The minimum absolute atomic E-state index is 0.115. The topological polar surface area (TPSA) is 75.4 Å². The molecule has 0 aromatic carbocycles. The van der Waals surface area contributed by atoms with Crippen LogP contribution in [0.1, 0.15) is 54.0 Å². The molecule has 1 aliphatic rings. The third-order valence-electron chi connectivity index (χ3n) is 4.80. The number of nitrogens with zero attached hydrogens (tertiary/aromatic N) is 5. The molecular weight excluding hydrogens is 338 g/mol. The van der Waals surface area contributed by atoms with Crippen LogP contribution in [0, 0.1) is 13.8 Å². The molecule has 1 saturated heterocycles. The lowest BCUT2D eigenvalue weighted by molar-refractivity contribution is 0.0755. The molecule has 7 nitrogen and oxygen atoms in total. The van der Waals surface area contributed by atoms with Gasteiger partial charge in [0, 0.05) is 31.4 Å². The normalized spacial score (nSPS) is 18.6. The summed E-state index contributed by atoms with van der Waals surface area (Å²) >= 11 is 1.35. The number of aryl methyl sites for hydroxylation is 2. The van der Waals surface area contributed by atoms with Crippen LogP contribution in [-0.4, -0.2) is 55.9 Å². The number of carbonyl (C=O) groups is 1. The molecule has 136 valence electrons. The number of carbonyl (C=O) groups excluding carboxylic acids is 1. The Kier molecular flexibility index (Phi) is 5.80. The summed E-state index contributed by atoms with van der Waals surface area (Å²) in [6.45, 7) is 9.07. The van der Waals surface area contributed by atoms with E-state index in [1.165, 1.54) is 11.5 Å². The molecule has 2 aromatic heterocycles. The van der Waals surface area contributed by atoms with Gasteiger partial charge in [0.15, 0.2) is 5.82 Å². The van der Waals surface area contributed by atoms with Gasteiger partial charge in [-0.15, -0.1) is 0 Å². The minimum atomic E-state index is 0.115. The quantitative estimate of drug-likeness (QED) is 0.813. The van der Waals surface area contributed by atoms with Crippen LogP contribution in [-0.2, 0) is 6.54 Å². The summed E-state index contributed by atoms with van der Waals surface area (Å²) in [6, 6.07) is 0.434. The van der Waals surface area contributed by atoms with Gasteiger partial charge in [-0.25, -0.2) is 0 Å². The van der Waals surface area contributed by atoms with Crippen molar-refractivity contribution in [3.63, 3.8) is 0 Å². The first kappa shape index (κ1) is 18.0. The molecule has 1 atom stereocenters. The number of likely N-dealkylation sites (tertiary alicyclic amines) is 1. The standard InChI is InChI=1S/C17H25N5O2S/c1-4-21(10-16-18-13(3)24-19-16)14-6-5-8-22(9-7-14)17(23)15-11-25-20-12(15)2/h11,14H,4-10H2,1-3H3/t14-/m1/s1. The van der Waals surface area contributed by atoms with Gasteiger partial charge in [-0.05, 0) is 44.3 Å².